The molecular formula is C19H24N2O5S. The van der Waals surface area contributed by atoms with Crippen molar-refractivity contribution in [3.63, 3.8) is 0 Å². The van der Waals surface area contributed by atoms with E-state index in [1.807, 2.05) is 24.3 Å². The SMILES string of the molecule is COc1ccccc1CNC[C@]1(O)CN(S(=O)(=O)c2ccccc2)C[C@H]1O. The first-order valence-electron chi connectivity index (χ1n) is 8.65. The van der Waals surface area contributed by atoms with Gasteiger partial charge in [-0.05, 0) is 18.2 Å². The van der Waals surface area contributed by atoms with Gasteiger partial charge in [-0.25, -0.2) is 8.42 Å². The number of aliphatic hydroxyl groups is 2. The third kappa shape index (κ3) is 4.15. The lowest BCUT2D eigenvalue weighted by Gasteiger charge is -2.26. The highest BCUT2D eigenvalue weighted by molar-refractivity contribution is 7.89. The summed E-state index contributed by atoms with van der Waals surface area (Å²) in [5.74, 6) is 0.720. The molecule has 1 heterocycles. The van der Waals surface area contributed by atoms with Crippen LogP contribution in [0, 0.1) is 0 Å². The predicted octanol–water partition coefficient (Wildman–Crippen LogP) is 0.581. The van der Waals surface area contributed by atoms with Crippen molar-refractivity contribution in [2.24, 2.45) is 0 Å². The molecule has 1 fully saturated rings. The Hall–Kier alpha value is -1.97. The molecule has 2 atom stereocenters. The van der Waals surface area contributed by atoms with Gasteiger partial charge < -0.3 is 20.3 Å². The van der Waals surface area contributed by atoms with Gasteiger partial charge in [0.1, 0.15) is 11.4 Å². The Kier molecular flexibility index (Phi) is 5.83. The number of β-amino-alcohol motifs (C(OH)–C–C–N with tert-alkyl or cyclic N) is 2. The first kappa shape index (κ1) is 19.8. The summed E-state index contributed by atoms with van der Waals surface area (Å²) in [4.78, 5) is 0.142. The van der Waals surface area contributed by atoms with Gasteiger partial charge in [0.15, 0.2) is 0 Å². The summed E-state index contributed by atoms with van der Waals surface area (Å²) in [6.45, 7) is 0.145. The zero-order chi connectivity index (χ0) is 19.5. The van der Waals surface area contributed by atoms with Crippen LogP contribution in [0.25, 0.3) is 0 Å². The molecule has 8 heteroatoms. The van der Waals surface area contributed by atoms with Crippen molar-refractivity contribution in [3.05, 3.63) is 60.2 Å². The second-order valence-corrected chi connectivity index (χ2v) is 8.58. The number of para-hydroxylation sites is 1. The van der Waals surface area contributed by atoms with Crippen LogP contribution in [0.4, 0.5) is 0 Å². The molecule has 0 aliphatic carbocycles. The number of ether oxygens (including phenoxy) is 1. The Morgan fingerprint density at radius 2 is 1.85 bits per heavy atom. The minimum Gasteiger partial charge on any atom is -0.496 e. The average Bonchev–Trinajstić information content (AvgIpc) is 2.98. The van der Waals surface area contributed by atoms with Crippen molar-refractivity contribution in [1.82, 2.24) is 9.62 Å². The number of hydrogen-bond acceptors (Lipinski definition) is 6. The van der Waals surface area contributed by atoms with E-state index in [4.69, 9.17) is 4.74 Å². The van der Waals surface area contributed by atoms with Gasteiger partial charge in [-0.3, -0.25) is 0 Å². The van der Waals surface area contributed by atoms with Crippen molar-refractivity contribution in [3.8, 4) is 5.75 Å². The molecule has 7 nitrogen and oxygen atoms in total. The topological polar surface area (TPSA) is 99.1 Å². The molecule has 1 aliphatic heterocycles. The summed E-state index contributed by atoms with van der Waals surface area (Å²) in [5, 5.41) is 24.2. The maximum atomic E-state index is 12.7. The summed E-state index contributed by atoms with van der Waals surface area (Å²) in [5.41, 5.74) is -0.658. The number of hydrogen-bond donors (Lipinski definition) is 3. The number of nitrogens with one attached hydrogen (secondary N) is 1. The van der Waals surface area contributed by atoms with Crippen LogP contribution in [0.15, 0.2) is 59.5 Å². The highest BCUT2D eigenvalue weighted by Gasteiger charge is 2.48. The minimum absolute atomic E-state index is 0.0486. The predicted molar refractivity (Wildman–Crippen MR) is 101 cm³/mol. The average molecular weight is 392 g/mol. The molecule has 3 N–H and O–H groups in total. The summed E-state index contributed by atoms with van der Waals surface area (Å²) in [6.07, 6.45) is -1.18. The van der Waals surface area contributed by atoms with Crippen LogP contribution in [0.2, 0.25) is 0 Å². The van der Waals surface area contributed by atoms with Crippen molar-refractivity contribution < 1.29 is 23.4 Å². The van der Waals surface area contributed by atoms with Gasteiger partial charge in [0.25, 0.3) is 0 Å². The maximum absolute atomic E-state index is 12.7. The zero-order valence-corrected chi connectivity index (χ0v) is 15.9. The lowest BCUT2D eigenvalue weighted by molar-refractivity contribution is -0.0384. The van der Waals surface area contributed by atoms with Crippen LogP contribution >= 0.6 is 0 Å². The second kappa shape index (κ2) is 7.95. The Labute approximate surface area is 159 Å². The largest absolute Gasteiger partial charge is 0.496 e. The maximum Gasteiger partial charge on any atom is 0.243 e. The third-order valence-corrected chi connectivity index (χ3v) is 6.59. The zero-order valence-electron chi connectivity index (χ0n) is 15.1. The van der Waals surface area contributed by atoms with Crippen LogP contribution in [0.3, 0.4) is 0 Å². The van der Waals surface area contributed by atoms with Crippen LogP contribution in [-0.4, -0.2) is 61.4 Å². The van der Waals surface area contributed by atoms with E-state index in [2.05, 4.69) is 5.32 Å². The van der Waals surface area contributed by atoms with Gasteiger partial charge in [0.2, 0.25) is 10.0 Å². The van der Waals surface area contributed by atoms with Crippen molar-refractivity contribution in [2.75, 3.05) is 26.7 Å². The van der Waals surface area contributed by atoms with E-state index in [1.54, 1.807) is 25.3 Å². The minimum atomic E-state index is -3.76. The quantitative estimate of drug-likeness (QED) is 0.638. The van der Waals surface area contributed by atoms with E-state index in [1.165, 1.54) is 12.1 Å². The molecular weight excluding hydrogens is 368 g/mol. The molecule has 0 unspecified atom stereocenters. The number of benzene rings is 2. The van der Waals surface area contributed by atoms with Crippen molar-refractivity contribution >= 4 is 10.0 Å². The van der Waals surface area contributed by atoms with Gasteiger partial charge >= 0.3 is 0 Å². The van der Waals surface area contributed by atoms with Crippen LogP contribution in [0.5, 0.6) is 5.75 Å². The van der Waals surface area contributed by atoms with Gasteiger partial charge in [0.05, 0.1) is 18.1 Å². The van der Waals surface area contributed by atoms with Crippen LogP contribution in [-0.2, 0) is 16.6 Å². The molecule has 2 aromatic carbocycles. The lowest BCUT2D eigenvalue weighted by Crippen LogP contribution is -2.50. The fourth-order valence-electron chi connectivity index (χ4n) is 3.20. The van der Waals surface area contributed by atoms with Crippen molar-refractivity contribution in [2.45, 2.75) is 23.1 Å². The molecule has 0 saturated carbocycles. The normalized spacial score (nSPS) is 23.4. The first-order chi connectivity index (χ1) is 12.9. The Balaban J connectivity index is 1.66. The molecule has 0 spiro atoms. The van der Waals surface area contributed by atoms with E-state index in [9.17, 15) is 18.6 Å². The van der Waals surface area contributed by atoms with E-state index in [0.717, 1.165) is 15.6 Å². The first-order valence-corrected chi connectivity index (χ1v) is 10.1. The van der Waals surface area contributed by atoms with Gasteiger partial charge in [-0.15, -0.1) is 0 Å². The van der Waals surface area contributed by atoms with E-state index >= 15 is 0 Å². The summed E-state index contributed by atoms with van der Waals surface area (Å²) in [6, 6.07) is 15.5. The standard InChI is InChI=1S/C19H24N2O5S/c1-26-17-10-6-5-7-15(17)11-20-13-19(23)14-21(12-18(19)22)27(24,25)16-8-3-2-4-9-16/h2-10,18,20,22-23H,11-14H2,1H3/t18-,19+/m1/s1. The number of methoxy groups -OCH3 is 1. The smallest absolute Gasteiger partial charge is 0.243 e. The molecule has 1 aliphatic rings. The molecule has 3 rings (SSSR count). The molecule has 1 saturated heterocycles. The van der Waals surface area contributed by atoms with E-state index in [0.29, 0.717) is 6.54 Å². The summed E-state index contributed by atoms with van der Waals surface area (Å²) in [7, 11) is -2.18. The molecule has 0 amide bonds. The van der Waals surface area contributed by atoms with E-state index in [-0.39, 0.29) is 24.5 Å². The number of sulfonamides is 1. The fourth-order valence-corrected chi connectivity index (χ4v) is 4.73. The third-order valence-electron chi connectivity index (χ3n) is 4.77. The molecule has 27 heavy (non-hydrogen) atoms. The van der Waals surface area contributed by atoms with Gasteiger partial charge in [0, 0.05) is 31.7 Å². The Morgan fingerprint density at radius 1 is 1.19 bits per heavy atom. The number of rotatable bonds is 7. The number of aliphatic hydroxyl groups excluding tert-OH is 1. The second-order valence-electron chi connectivity index (χ2n) is 6.65. The highest BCUT2D eigenvalue weighted by Crippen LogP contribution is 2.27. The summed E-state index contributed by atoms with van der Waals surface area (Å²) >= 11 is 0. The Morgan fingerprint density at radius 3 is 2.56 bits per heavy atom. The Bertz CT molecular complexity index is 875. The monoisotopic (exact) mass is 392 g/mol. The van der Waals surface area contributed by atoms with Crippen LogP contribution in [0.1, 0.15) is 5.56 Å². The van der Waals surface area contributed by atoms with Gasteiger partial charge in [-0.2, -0.15) is 4.31 Å². The lowest BCUT2D eigenvalue weighted by atomic mass is 10.0. The summed E-state index contributed by atoms with van der Waals surface area (Å²) < 4.78 is 31.8. The molecule has 146 valence electrons. The highest BCUT2D eigenvalue weighted by atomic mass is 32.2. The number of nitrogens with zero attached hydrogens (tertiary/aromatic N) is 1. The van der Waals surface area contributed by atoms with E-state index < -0.39 is 21.7 Å². The molecule has 0 aromatic heterocycles. The van der Waals surface area contributed by atoms with Crippen molar-refractivity contribution in [1.29, 1.82) is 0 Å². The van der Waals surface area contributed by atoms with Gasteiger partial charge in [-0.1, -0.05) is 36.4 Å². The molecule has 0 radical (unpaired) electrons. The molecule has 2 aromatic rings. The molecule has 0 bridgehead atoms. The van der Waals surface area contributed by atoms with Crippen LogP contribution < -0.4 is 10.1 Å². The fraction of sp³-hybridized carbons (Fsp3) is 0.368.